The summed E-state index contributed by atoms with van der Waals surface area (Å²) >= 11 is 0. The Bertz CT molecular complexity index is 469. The van der Waals surface area contributed by atoms with Gasteiger partial charge in [0.05, 0.1) is 6.61 Å². The number of carbonyl (C=O) groups excluding carboxylic acids is 1. The third kappa shape index (κ3) is 3.67. The number of hydrogen-bond donors (Lipinski definition) is 1. The Labute approximate surface area is 123 Å². The molecule has 1 aromatic carbocycles. The molecule has 114 valence electrons. The Kier molecular flexibility index (Phi) is 6.58. The molecule has 0 saturated carbocycles. The van der Waals surface area contributed by atoms with Crippen LogP contribution >= 0.6 is 12.4 Å². The van der Waals surface area contributed by atoms with Crippen LogP contribution in [0, 0.1) is 20.8 Å². The normalized spacial score (nSPS) is 12.6. The van der Waals surface area contributed by atoms with Crippen molar-refractivity contribution < 1.29 is 18.3 Å². The molecule has 0 unspecified atom stereocenters. The number of ether oxygens (including phenoxy) is 1. The van der Waals surface area contributed by atoms with Gasteiger partial charge in [-0.2, -0.15) is 8.78 Å². The highest BCUT2D eigenvalue weighted by Crippen LogP contribution is 2.34. The van der Waals surface area contributed by atoms with E-state index in [1.807, 2.05) is 6.92 Å². The van der Waals surface area contributed by atoms with Crippen LogP contribution in [0.2, 0.25) is 0 Å². The second kappa shape index (κ2) is 6.99. The molecule has 0 aliphatic carbocycles. The van der Waals surface area contributed by atoms with Crippen molar-refractivity contribution in [3.8, 4) is 0 Å². The van der Waals surface area contributed by atoms with Crippen molar-refractivity contribution in [2.24, 2.45) is 5.73 Å². The summed E-state index contributed by atoms with van der Waals surface area (Å²) in [7, 11) is 0. The molecule has 0 amide bonds. The number of halogens is 3. The molecule has 0 aromatic heterocycles. The first-order valence-electron chi connectivity index (χ1n) is 6.10. The zero-order valence-corrected chi connectivity index (χ0v) is 12.8. The molecule has 0 spiro atoms. The predicted molar refractivity (Wildman–Crippen MR) is 76.4 cm³/mol. The van der Waals surface area contributed by atoms with Crippen LogP contribution in [0.4, 0.5) is 8.78 Å². The van der Waals surface area contributed by atoms with Gasteiger partial charge in [0.15, 0.2) is 0 Å². The summed E-state index contributed by atoms with van der Waals surface area (Å²) in [5, 5.41) is 0. The first-order chi connectivity index (χ1) is 8.71. The van der Waals surface area contributed by atoms with Crippen molar-refractivity contribution in [2.75, 3.05) is 6.61 Å². The van der Waals surface area contributed by atoms with Gasteiger partial charge < -0.3 is 10.5 Å². The summed E-state index contributed by atoms with van der Waals surface area (Å²) in [6.07, 6.45) is 0. The van der Waals surface area contributed by atoms with Crippen LogP contribution in [0.5, 0.6) is 0 Å². The Morgan fingerprint density at radius 1 is 1.30 bits per heavy atom. The number of alkyl halides is 2. The summed E-state index contributed by atoms with van der Waals surface area (Å²) < 4.78 is 32.3. The lowest BCUT2D eigenvalue weighted by Gasteiger charge is -2.25. The smallest absolute Gasteiger partial charge is 0.379 e. The van der Waals surface area contributed by atoms with Crippen molar-refractivity contribution in [3.05, 3.63) is 34.4 Å². The molecule has 6 heteroatoms. The minimum absolute atomic E-state index is 0. The second-order valence-corrected chi connectivity index (χ2v) is 4.63. The van der Waals surface area contributed by atoms with E-state index in [0.29, 0.717) is 16.7 Å². The lowest BCUT2D eigenvalue weighted by molar-refractivity contribution is -0.174. The molecule has 1 aromatic rings. The molecule has 0 saturated heterocycles. The number of esters is 1. The summed E-state index contributed by atoms with van der Waals surface area (Å²) in [5.41, 5.74) is 8.16. The average Bonchev–Trinajstić information content (AvgIpc) is 2.27. The molecule has 0 fully saturated rings. The maximum atomic E-state index is 13.9. The Hall–Kier alpha value is -1.20. The van der Waals surface area contributed by atoms with Crippen LogP contribution in [-0.2, 0) is 9.53 Å². The fourth-order valence-corrected chi connectivity index (χ4v) is 2.22. The molecular weight excluding hydrogens is 288 g/mol. The van der Waals surface area contributed by atoms with Crippen LogP contribution in [0.15, 0.2) is 12.1 Å². The van der Waals surface area contributed by atoms with E-state index in [0.717, 1.165) is 5.56 Å². The molecule has 0 aliphatic heterocycles. The van der Waals surface area contributed by atoms with E-state index in [1.54, 1.807) is 26.0 Å². The van der Waals surface area contributed by atoms with Gasteiger partial charge in [-0.25, -0.2) is 4.79 Å². The number of carbonyl (C=O) groups is 1. The summed E-state index contributed by atoms with van der Waals surface area (Å²) in [6.45, 7) is 6.65. The summed E-state index contributed by atoms with van der Waals surface area (Å²) in [5.74, 6) is -5.32. The molecule has 0 aliphatic rings. The molecule has 0 bridgehead atoms. The first kappa shape index (κ1) is 18.8. The number of hydrogen-bond acceptors (Lipinski definition) is 3. The molecule has 0 heterocycles. The number of nitrogens with two attached hydrogens (primary N) is 1. The minimum Gasteiger partial charge on any atom is -0.462 e. The molecule has 1 rings (SSSR count). The van der Waals surface area contributed by atoms with E-state index in [-0.39, 0.29) is 19.0 Å². The van der Waals surface area contributed by atoms with E-state index >= 15 is 0 Å². The van der Waals surface area contributed by atoms with Crippen molar-refractivity contribution in [2.45, 2.75) is 39.7 Å². The average molecular weight is 308 g/mol. The molecular formula is C14H20ClF2NO2. The van der Waals surface area contributed by atoms with Crippen molar-refractivity contribution in [1.82, 2.24) is 0 Å². The van der Waals surface area contributed by atoms with E-state index in [1.165, 1.54) is 6.92 Å². The van der Waals surface area contributed by atoms with Crippen molar-refractivity contribution in [1.29, 1.82) is 0 Å². The highest BCUT2D eigenvalue weighted by molar-refractivity contribution is 5.85. The monoisotopic (exact) mass is 307 g/mol. The Morgan fingerprint density at radius 2 is 1.75 bits per heavy atom. The van der Waals surface area contributed by atoms with Gasteiger partial charge >= 0.3 is 11.9 Å². The van der Waals surface area contributed by atoms with Gasteiger partial charge in [-0.3, -0.25) is 0 Å². The molecule has 3 nitrogen and oxygen atoms in total. The topological polar surface area (TPSA) is 52.3 Å². The first-order valence-corrected chi connectivity index (χ1v) is 6.10. The quantitative estimate of drug-likeness (QED) is 0.869. The predicted octanol–water partition coefficient (Wildman–Crippen LogP) is 3.23. The van der Waals surface area contributed by atoms with E-state index in [2.05, 4.69) is 4.74 Å². The maximum absolute atomic E-state index is 13.9. The SMILES string of the molecule is CCOC(=O)C(F)(F)[C@@H](N)c1c(C)cc(C)cc1C.Cl. The fourth-order valence-electron chi connectivity index (χ4n) is 2.22. The lowest BCUT2D eigenvalue weighted by atomic mass is 9.91. The van der Waals surface area contributed by atoms with E-state index < -0.39 is 17.9 Å². The Balaban J connectivity index is 0.00000361. The third-order valence-corrected chi connectivity index (χ3v) is 2.99. The highest BCUT2D eigenvalue weighted by Gasteiger charge is 2.48. The zero-order valence-electron chi connectivity index (χ0n) is 12.0. The number of rotatable bonds is 4. The van der Waals surface area contributed by atoms with Gasteiger partial charge in [-0.1, -0.05) is 17.7 Å². The standard InChI is InChI=1S/C14H19F2NO2.ClH/c1-5-19-13(18)14(15,16)12(17)11-9(3)6-8(2)7-10(11)4;/h6-7,12H,5,17H2,1-4H3;1H/t12-;/m0./s1. The van der Waals surface area contributed by atoms with Crippen LogP contribution in [0.3, 0.4) is 0 Å². The minimum atomic E-state index is -3.74. The second-order valence-electron chi connectivity index (χ2n) is 4.63. The molecule has 20 heavy (non-hydrogen) atoms. The van der Waals surface area contributed by atoms with E-state index in [4.69, 9.17) is 5.73 Å². The highest BCUT2D eigenvalue weighted by atomic mass is 35.5. The van der Waals surface area contributed by atoms with Gasteiger partial charge in [-0.15, -0.1) is 12.4 Å². The number of benzene rings is 1. The van der Waals surface area contributed by atoms with Gasteiger partial charge in [0, 0.05) is 0 Å². The van der Waals surface area contributed by atoms with Gasteiger partial charge in [-0.05, 0) is 44.4 Å². The van der Waals surface area contributed by atoms with Crippen LogP contribution in [-0.4, -0.2) is 18.5 Å². The van der Waals surface area contributed by atoms with Crippen molar-refractivity contribution >= 4 is 18.4 Å². The van der Waals surface area contributed by atoms with E-state index in [9.17, 15) is 13.6 Å². The Morgan fingerprint density at radius 3 is 2.15 bits per heavy atom. The molecule has 1 atom stereocenters. The van der Waals surface area contributed by atoms with Crippen LogP contribution < -0.4 is 5.73 Å². The lowest BCUT2D eigenvalue weighted by Crippen LogP contribution is -2.42. The van der Waals surface area contributed by atoms with Gasteiger partial charge in [0.2, 0.25) is 0 Å². The molecule has 2 N–H and O–H groups in total. The van der Waals surface area contributed by atoms with Crippen LogP contribution in [0.25, 0.3) is 0 Å². The molecule has 0 radical (unpaired) electrons. The fraction of sp³-hybridized carbons (Fsp3) is 0.500. The largest absolute Gasteiger partial charge is 0.462 e. The number of aryl methyl sites for hydroxylation is 3. The third-order valence-electron chi connectivity index (χ3n) is 2.99. The zero-order chi connectivity index (χ0) is 14.8. The maximum Gasteiger partial charge on any atom is 0.379 e. The van der Waals surface area contributed by atoms with Gasteiger partial charge in [0.1, 0.15) is 6.04 Å². The van der Waals surface area contributed by atoms with Gasteiger partial charge in [0.25, 0.3) is 0 Å². The summed E-state index contributed by atoms with van der Waals surface area (Å²) in [4.78, 5) is 11.3. The van der Waals surface area contributed by atoms with Crippen molar-refractivity contribution in [3.63, 3.8) is 0 Å². The van der Waals surface area contributed by atoms with Crippen LogP contribution in [0.1, 0.15) is 35.2 Å². The summed E-state index contributed by atoms with van der Waals surface area (Å²) in [6, 6.07) is 1.83.